The van der Waals surface area contributed by atoms with Gasteiger partial charge in [0, 0.05) is 38.2 Å². The largest absolute Gasteiger partial charge is 0.333 e. The van der Waals surface area contributed by atoms with E-state index >= 15 is 0 Å². The average Bonchev–Trinajstić information content (AvgIpc) is 2.77. The van der Waals surface area contributed by atoms with Crippen molar-refractivity contribution in [2.75, 3.05) is 12.8 Å². The first kappa shape index (κ1) is 13.8. The standard InChI is InChI=1S/C13H17N3O2S/c1-19(17,18)12-5-3-2-4-11(12)10-13-15-7-9-16(13)8-6-14/h2-5,7,9H,6,8,10,14H2,1H3. The van der Waals surface area contributed by atoms with Gasteiger partial charge >= 0.3 is 0 Å². The van der Waals surface area contributed by atoms with Crippen molar-refractivity contribution in [1.82, 2.24) is 9.55 Å². The van der Waals surface area contributed by atoms with Gasteiger partial charge in [-0.1, -0.05) is 18.2 Å². The summed E-state index contributed by atoms with van der Waals surface area (Å²) in [6.45, 7) is 1.20. The third-order valence-corrected chi connectivity index (χ3v) is 4.09. The molecule has 0 amide bonds. The molecule has 0 spiro atoms. The molecule has 0 saturated heterocycles. The molecule has 0 aliphatic rings. The van der Waals surface area contributed by atoms with E-state index in [0.29, 0.717) is 24.4 Å². The Morgan fingerprint density at radius 3 is 2.74 bits per heavy atom. The molecule has 0 radical (unpaired) electrons. The van der Waals surface area contributed by atoms with Crippen LogP contribution in [0.5, 0.6) is 0 Å². The monoisotopic (exact) mass is 279 g/mol. The molecule has 2 aromatic rings. The molecule has 0 fully saturated rings. The summed E-state index contributed by atoms with van der Waals surface area (Å²) in [4.78, 5) is 4.62. The maximum absolute atomic E-state index is 11.7. The molecule has 0 aliphatic carbocycles. The van der Waals surface area contributed by atoms with Crippen LogP contribution in [0.1, 0.15) is 11.4 Å². The normalized spacial score (nSPS) is 11.7. The van der Waals surface area contributed by atoms with Gasteiger partial charge in [-0.15, -0.1) is 0 Å². The molecule has 2 rings (SSSR count). The average molecular weight is 279 g/mol. The van der Waals surface area contributed by atoms with E-state index in [2.05, 4.69) is 4.98 Å². The molecule has 102 valence electrons. The van der Waals surface area contributed by atoms with Gasteiger partial charge in [0.15, 0.2) is 9.84 Å². The zero-order valence-electron chi connectivity index (χ0n) is 10.8. The number of sulfone groups is 1. The number of rotatable bonds is 5. The minimum atomic E-state index is -3.22. The first-order valence-corrected chi connectivity index (χ1v) is 7.89. The van der Waals surface area contributed by atoms with E-state index in [9.17, 15) is 8.42 Å². The van der Waals surface area contributed by atoms with Crippen LogP contribution in [0.25, 0.3) is 0 Å². The van der Waals surface area contributed by atoms with Crippen molar-refractivity contribution < 1.29 is 8.42 Å². The zero-order valence-corrected chi connectivity index (χ0v) is 11.6. The van der Waals surface area contributed by atoms with Crippen LogP contribution in [0.15, 0.2) is 41.6 Å². The van der Waals surface area contributed by atoms with Gasteiger partial charge in [-0.2, -0.15) is 0 Å². The molecule has 1 aromatic heterocycles. The van der Waals surface area contributed by atoms with Crippen LogP contribution in [0.3, 0.4) is 0 Å². The minimum absolute atomic E-state index is 0.359. The highest BCUT2D eigenvalue weighted by molar-refractivity contribution is 7.90. The predicted molar refractivity (Wildman–Crippen MR) is 73.6 cm³/mol. The van der Waals surface area contributed by atoms with Crippen LogP contribution < -0.4 is 5.73 Å². The lowest BCUT2D eigenvalue weighted by molar-refractivity contribution is 0.600. The van der Waals surface area contributed by atoms with Gasteiger partial charge in [0.2, 0.25) is 0 Å². The van der Waals surface area contributed by atoms with E-state index < -0.39 is 9.84 Å². The summed E-state index contributed by atoms with van der Waals surface area (Å²) in [6, 6.07) is 7.01. The second-order valence-corrected chi connectivity index (χ2v) is 6.37. The van der Waals surface area contributed by atoms with Crippen LogP contribution in [0, 0.1) is 0 Å². The van der Waals surface area contributed by atoms with Gasteiger partial charge in [0.05, 0.1) is 4.90 Å². The molecular formula is C13H17N3O2S. The Hall–Kier alpha value is -1.66. The van der Waals surface area contributed by atoms with Crippen molar-refractivity contribution in [1.29, 1.82) is 0 Å². The summed E-state index contributed by atoms with van der Waals surface area (Å²) in [5, 5.41) is 0. The van der Waals surface area contributed by atoms with Crippen molar-refractivity contribution in [2.24, 2.45) is 5.73 Å². The fourth-order valence-corrected chi connectivity index (χ4v) is 2.97. The maximum atomic E-state index is 11.7. The molecule has 19 heavy (non-hydrogen) atoms. The van der Waals surface area contributed by atoms with Crippen molar-refractivity contribution in [3.63, 3.8) is 0 Å². The molecule has 2 N–H and O–H groups in total. The SMILES string of the molecule is CS(=O)(=O)c1ccccc1Cc1nccn1CCN. The lowest BCUT2D eigenvalue weighted by atomic mass is 10.1. The number of benzene rings is 1. The van der Waals surface area contributed by atoms with Gasteiger partial charge in [-0.3, -0.25) is 0 Å². The number of nitrogens with two attached hydrogens (primary N) is 1. The number of hydrogen-bond donors (Lipinski definition) is 1. The summed E-state index contributed by atoms with van der Waals surface area (Å²) in [5.74, 6) is 0.821. The van der Waals surface area contributed by atoms with E-state index in [0.717, 1.165) is 11.4 Å². The molecule has 0 unspecified atom stereocenters. The lowest BCUT2D eigenvalue weighted by Gasteiger charge is -2.09. The first-order valence-electron chi connectivity index (χ1n) is 6.00. The second-order valence-electron chi connectivity index (χ2n) is 4.38. The lowest BCUT2D eigenvalue weighted by Crippen LogP contribution is -2.13. The van der Waals surface area contributed by atoms with E-state index in [1.807, 2.05) is 22.9 Å². The Labute approximate surface area is 113 Å². The number of aromatic nitrogens is 2. The molecule has 0 bridgehead atoms. The molecule has 6 heteroatoms. The predicted octanol–water partition coefficient (Wildman–Crippen LogP) is 0.836. The van der Waals surface area contributed by atoms with E-state index in [1.165, 1.54) is 6.26 Å². The van der Waals surface area contributed by atoms with E-state index in [4.69, 9.17) is 5.73 Å². The quantitative estimate of drug-likeness (QED) is 0.879. The third kappa shape index (κ3) is 3.21. The molecule has 0 atom stereocenters. The van der Waals surface area contributed by atoms with Crippen molar-refractivity contribution >= 4 is 9.84 Å². The number of hydrogen-bond acceptors (Lipinski definition) is 4. The van der Waals surface area contributed by atoms with Crippen LogP contribution in [0.4, 0.5) is 0 Å². The molecule has 5 nitrogen and oxygen atoms in total. The van der Waals surface area contributed by atoms with Crippen LogP contribution >= 0.6 is 0 Å². The fourth-order valence-electron chi connectivity index (χ4n) is 2.03. The van der Waals surface area contributed by atoms with Gasteiger partial charge in [-0.25, -0.2) is 13.4 Å². The molecule has 1 aromatic carbocycles. The second kappa shape index (κ2) is 5.54. The highest BCUT2D eigenvalue weighted by atomic mass is 32.2. The fraction of sp³-hybridized carbons (Fsp3) is 0.308. The smallest absolute Gasteiger partial charge is 0.175 e. The zero-order chi connectivity index (χ0) is 13.9. The first-order chi connectivity index (χ1) is 9.02. The van der Waals surface area contributed by atoms with Gasteiger partial charge in [-0.05, 0) is 11.6 Å². The minimum Gasteiger partial charge on any atom is -0.333 e. The summed E-state index contributed by atoms with van der Waals surface area (Å²) >= 11 is 0. The topological polar surface area (TPSA) is 78.0 Å². The van der Waals surface area contributed by atoms with Gasteiger partial charge in [0.1, 0.15) is 5.82 Å². The Bertz CT molecular complexity index is 662. The van der Waals surface area contributed by atoms with Gasteiger partial charge < -0.3 is 10.3 Å². The number of imidazole rings is 1. The summed E-state index contributed by atoms with van der Waals surface area (Å²) in [7, 11) is -3.22. The Balaban J connectivity index is 2.36. The van der Waals surface area contributed by atoms with Crippen LogP contribution in [-0.2, 0) is 22.8 Å². The van der Waals surface area contributed by atoms with Gasteiger partial charge in [0.25, 0.3) is 0 Å². The highest BCUT2D eigenvalue weighted by Crippen LogP contribution is 2.18. The summed E-state index contributed by atoms with van der Waals surface area (Å²) in [5.41, 5.74) is 6.30. The molecular weight excluding hydrogens is 262 g/mol. The Morgan fingerprint density at radius 2 is 2.05 bits per heavy atom. The number of nitrogens with zero attached hydrogens (tertiary/aromatic N) is 2. The molecule has 0 saturated carbocycles. The summed E-state index contributed by atoms with van der Waals surface area (Å²) in [6.07, 6.45) is 5.26. The Morgan fingerprint density at radius 1 is 1.32 bits per heavy atom. The van der Waals surface area contributed by atoms with Crippen molar-refractivity contribution in [3.8, 4) is 0 Å². The highest BCUT2D eigenvalue weighted by Gasteiger charge is 2.14. The maximum Gasteiger partial charge on any atom is 0.175 e. The van der Waals surface area contributed by atoms with Crippen molar-refractivity contribution in [2.45, 2.75) is 17.9 Å². The Kier molecular flexibility index (Phi) is 4.01. The molecule has 1 heterocycles. The van der Waals surface area contributed by atoms with Crippen LogP contribution in [0.2, 0.25) is 0 Å². The van der Waals surface area contributed by atoms with Crippen molar-refractivity contribution in [3.05, 3.63) is 48.0 Å². The van der Waals surface area contributed by atoms with Crippen LogP contribution in [-0.4, -0.2) is 30.8 Å². The summed E-state index contributed by atoms with van der Waals surface area (Å²) < 4.78 is 25.4. The third-order valence-electron chi connectivity index (χ3n) is 2.89. The van der Waals surface area contributed by atoms with E-state index in [-0.39, 0.29) is 0 Å². The van der Waals surface area contributed by atoms with E-state index in [1.54, 1.807) is 18.3 Å². The molecule has 0 aliphatic heterocycles.